The molecule has 0 saturated heterocycles. The zero-order valence-corrected chi connectivity index (χ0v) is 10.8. The van der Waals surface area contributed by atoms with Gasteiger partial charge in [-0.2, -0.15) is 5.26 Å². The first kappa shape index (κ1) is 12.1. The second-order valence-electron chi connectivity index (χ2n) is 4.74. The van der Waals surface area contributed by atoms with Crippen molar-refractivity contribution in [2.24, 2.45) is 0 Å². The summed E-state index contributed by atoms with van der Waals surface area (Å²) in [6.07, 6.45) is 2.01. The lowest BCUT2D eigenvalue weighted by Gasteiger charge is -2.21. The quantitative estimate of drug-likeness (QED) is 0.669. The lowest BCUT2D eigenvalue weighted by Crippen LogP contribution is -2.12. The van der Waals surface area contributed by atoms with Gasteiger partial charge in [0.05, 0.1) is 5.56 Å². The largest absolute Gasteiger partial charge is 0.192 e. The zero-order valence-electron chi connectivity index (χ0n) is 10.0. The van der Waals surface area contributed by atoms with Gasteiger partial charge in [-0.15, -0.1) is 11.8 Å². The van der Waals surface area contributed by atoms with E-state index >= 15 is 0 Å². The van der Waals surface area contributed by atoms with Gasteiger partial charge in [0.25, 0.3) is 0 Å². The maximum absolute atomic E-state index is 9.10. The van der Waals surface area contributed by atoms with E-state index in [1.807, 2.05) is 12.3 Å². The van der Waals surface area contributed by atoms with E-state index < -0.39 is 0 Å². The van der Waals surface area contributed by atoms with Gasteiger partial charge in [-0.25, -0.2) is 0 Å². The topological polar surface area (TPSA) is 23.8 Å². The fraction of sp³-hybridized carbons (Fsp3) is 0.462. The van der Waals surface area contributed by atoms with Crippen molar-refractivity contribution in [1.82, 2.24) is 0 Å². The fourth-order valence-electron chi connectivity index (χ4n) is 1.56. The highest BCUT2D eigenvalue weighted by molar-refractivity contribution is 7.98. The molecule has 0 fully saturated rings. The summed E-state index contributed by atoms with van der Waals surface area (Å²) in [5.74, 6) is 0. The summed E-state index contributed by atoms with van der Waals surface area (Å²) < 4.78 is 0. The molecule has 1 nitrogen and oxygen atoms in total. The molecular weight excluding hydrogens is 202 g/mol. The highest BCUT2D eigenvalue weighted by Gasteiger charge is 2.17. The SMILES string of the molecule is CSc1c(C)cc(C(C)(C)C)cc1C#N. The molecule has 1 aromatic rings. The lowest BCUT2D eigenvalue weighted by molar-refractivity contribution is 0.589. The Morgan fingerprint density at radius 1 is 1.27 bits per heavy atom. The summed E-state index contributed by atoms with van der Waals surface area (Å²) >= 11 is 1.64. The third-order valence-electron chi connectivity index (χ3n) is 2.47. The van der Waals surface area contributed by atoms with E-state index in [9.17, 15) is 0 Å². The molecule has 0 amide bonds. The molecule has 2 heteroatoms. The van der Waals surface area contributed by atoms with Crippen LogP contribution in [0.15, 0.2) is 17.0 Å². The second kappa shape index (κ2) is 4.28. The molecule has 0 aliphatic rings. The van der Waals surface area contributed by atoms with Crippen molar-refractivity contribution in [1.29, 1.82) is 5.26 Å². The summed E-state index contributed by atoms with van der Waals surface area (Å²) in [5, 5.41) is 9.10. The predicted molar refractivity (Wildman–Crippen MR) is 66.4 cm³/mol. The second-order valence-corrected chi connectivity index (χ2v) is 5.55. The lowest BCUT2D eigenvalue weighted by atomic mass is 9.85. The maximum Gasteiger partial charge on any atom is 0.100 e. The van der Waals surface area contributed by atoms with E-state index in [1.54, 1.807) is 11.8 Å². The average molecular weight is 219 g/mol. The van der Waals surface area contributed by atoms with Gasteiger partial charge in [0, 0.05) is 4.90 Å². The fourth-order valence-corrected chi connectivity index (χ4v) is 2.27. The molecule has 0 aromatic heterocycles. The number of hydrogen-bond donors (Lipinski definition) is 0. The number of thioether (sulfide) groups is 1. The molecule has 80 valence electrons. The van der Waals surface area contributed by atoms with Crippen molar-refractivity contribution >= 4 is 11.8 Å². The standard InChI is InChI=1S/C13H17NS/c1-9-6-11(13(2,3)4)7-10(8-14)12(9)15-5/h6-7H,1-5H3. The molecule has 0 atom stereocenters. The molecular formula is C13H17NS. The molecule has 1 rings (SSSR count). The highest BCUT2D eigenvalue weighted by Crippen LogP contribution is 2.30. The van der Waals surface area contributed by atoms with Crippen LogP contribution in [-0.2, 0) is 5.41 Å². The van der Waals surface area contributed by atoms with Crippen LogP contribution in [0.2, 0.25) is 0 Å². The summed E-state index contributed by atoms with van der Waals surface area (Å²) in [7, 11) is 0. The number of nitriles is 1. The Labute approximate surface area is 96.5 Å². The normalized spacial score (nSPS) is 11.2. The summed E-state index contributed by atoms with van der Waals surface area (Å²) in [5.41, 5.74) is 3.33. The number of aryl methyl sites for hydroxylation is 1. The van der Waals surface area contributed by atoms with Crippen molar-refractivity contribution in [3.8, 4) is 6.07 Å². The molecule has 0 spiro atoms. The van der Waals surface area contributed by atoms with Gasteiger partial charge in [-0.1, -0.05) is 26.8 Å². The number of rotatable bonds is 1. The Kier molecular flexibility index (Phi) is 3.46. The molecule has 0 unspecified atom stereocenters. The van der Waals surface area contributed by atoms with Crippen molar-refractivity contribution < 1.29 is 0 Å². The van der Waals surface area contributed by atoms with E-state index in [0.29, 0.717) is 0 Å². The van der Waals surface area contributed by atoms with Gasteiger partial charge in [-0.05, 0) is 35.8 Å². The molecule has 0 bridgehead atoms. The van der Waals surface area contributed by atoms with Crippen LogP contribution in [-0.4, -0.2) is 6.26 Å². The van der Waals surface area contributed by atoms with Crippen LogP contribution in [0.5, 0.6) is 0 Å². The summed E-state index contributed by atoms with van der Waals surface area (Å²) in [6.45, 7) is 8.58. The van der Waals surface area contributed by atoms with Crippen LogP contribution in [0.1, 0.15) is 37.5 Å². The predicted octanol–water partition coefficient (Wildman–Crippen LogP) is 3.89. The van der Waals surface area contributed by atoms with Crippen molar-refractivity contribution in [3.05, 3.63) is 28.8 Å². The Bertz CT molecular complexity index is 408. The molecule has 0 aliphatic carbocycles. The van der Waals surface area contributed by atoms with Gasteiger partial charge in [-0.3, -0.25) is 0 Å². The van der Waals surface area contributed by atoms with Crippen LogP contribution in [0.3, 0.4) is 0 Å². The Morgan fingerprint density at radius 3 is 2.27 bits per heavy atom. The van der Waals surface area contributed by atoms with E-state index in [-0.39, 0.29) is 5.41 Å². The van der Waals surface area contributed by atoms with Gasteiger partial charge < -0.3 is 0 Å². The van der Waals surface area contributed by atoms with Crippen LogP contribution >= 0.6 is 11.8 Å². The van der Waals surface area contributed by atoms with Crippen LogP contribution < -0.4 is 0 Å². The van der Waals surface area contributed by atoms with E-state index in [2.05, 4.69) is 39.8 Å². The third-order valence-corrected chi connectivity index (χ3v) is 3.42. The number of nitrogens with zero attached hydrogens (tertiary/aromatic N) is 1. The molecule has 0 N–H and O–H groups in total. The van der Waals surface area contributed by atoms with Crippen LogP contribution in [0.4, 0.5) is 0 Å². The minimum absolute atomic E-state index is 0.104. The molecule has 0 saturated carbocycles. The third kappa shape index (κ3) is 2.54. The van der Waals surface area contributed by atoms with Gasteiger partial charge >= 0.3 is 0 Å². The van der Waals surface area contributed by atoms with Gasteiger partial charge in [0.1, 0.15) is 6.07 Å². The smallest absolute Gasteiger partial charge is 0.100 e. The Hall–Kier alpha value is -0.940. The van der Waals surface area contributed by atoms with Crippen LogP contribution in [0.25, 0.3) is 0 Å². The molecule has 1 aromatic carbocycles. The molecule has 15 heavy (non-hydrogen) atoms. The van der Waals surface area contributed by atoms with Crippen molar-refractivity contribution in [3.63, 3.8) is 0 Å². The summed E-state index contributed by atoms with van der Waals surface area (Å²) in [4.78, 5) is 1.10. The van der Waals surface area contributed by atoms with E-state index in [1.165, 1.54) is 11.1 Å². The first-order chi connectivity index (χ1) is 6.90. The van der Waals surface area contributed by atoms with E-state index in [4.69, 9.17) is 5.26 Å². The van der Waals surface area contributed by atoms with E-state index in [0.717, 1.165) is 10.5 Å². The first-order valence-electron chi connectivity index (χ1n) is 4.99. The number of benzene rings is 1. The Morgan fingerprint density at radius 2 is 1.87 bits per heavy atom. The molecule has 0 heterocycles. The number of hydrogen-bond acceptors (Lipinski definition) is 2. The minimum Gasteiger partial charge on any atom is -0.192 e. The Balaban J connectivity index is 3.41. The monoisotopic (exact) mass is 219 g/mol. The first-order valence-corrected chi connectivity index (χ1v) is 6.22. The zero-order chi connectivity index (χ0) is 11.6. The van der Waals surface area contributed by atoms with Crippen molar-refractivity contribution in [2.75, 3.05) is 6.26 Å². The minimum atomic E-state index is 0.104. The maximum atomic E-state index is 9.10. The van der Waals surface area contributed by atoms with Gasteiger partial charge in [0.15, 0.2) is 0 Å². The summed E-state index contributed by atoms with van der Waals surface area (Å²) in [6, 6.07) is 6.48. The molecule has 0 aliphatic heterocycles. The molecule has 0 radical (unpaired) electrons. The van der Waals surface area contributed by atoms with Crippen LogP contribution in [0, 0.1) is 18.3 Å². The average Bonchev–Trinajstić information content (AvgIpc) is 2.15. The highest BCUT2D eigenvalue weighted by atomic mass is 32.2. The van der Waals surface area contributed by atoms with Crippen molar-refractivity contribution in [2.45, 2.75) is 38.0 Å². The van der Waals surface area contributed by atoms with Gasteiger partial charge in [0.2, 0.25) is 0 Å².